The van der Waals surface area contributed by atoms with Crippen LogP contribution in [-0.2, 0) is 4.79 Å². The number of nitrogens with one attached hydrogen (secondary N) is 1. The number of hydrogen-bond acceptors (Lipinski definition) is 4. The van der Waals surface area contributed by atoms with Crippen molar-refractivity contribution < 1.29 is 14.3 Å². The summed E-state index contributed by atoms with van der Waals surface area (Å²) in [7, 11) is 0. The van der Waals surface area contributed by atoms with E-state index in [-0.39, 0.29) is 18.2 Å². The van der Waals surface area contributed by atoms with Crippen LogP contribution in [0, 0.1) is 0 Å². The molecule has 2 aromatic rings. The van der Waals surface area contributed by atoms with E-state index in [1.807, 2.05) is 40.1 Å². The van der Waals surface area contributed by atoms with Gasteiger partial charge < -0.3 is 19.5 Å². The Bertz CT molecular complexity index is 781. The lowest BCUT2D eigenvalue weighted by Gasteiger charge is -2.38. The zero-order valence-corrected chi connectivity index (χ0v) is 14.7. The monoisotopic (exact) mass is 353 g/mol. The zero-order valence-electron chi connectivity index (χ0n) is 14.7. The van der Waals surface area contributed by atoms with Crippen LogP contribution in [0.4, 0.5) is 5.69 Å². The Morgan fingerprint density at radius 2 is 1.88 bits per heavy atom. The molecule has 2 aliphatic rings. The third-order valence-corrected chi connectivity index (χ3v) is 5.04. The molecule has 6 nitrogen and oxygen atoms in total. The van der Waals surface area contributed by atoms with E-state index in [1.165, 1.54) is 6.42 Å². The van der Waals surface area contributed by atoms with Crippen molar-refractivity contribution in [3.05, 3.63) is 48.3 Å². The molecule has 0 saturated carbocycles. The van der Waals surface area contributed by atoms with Gasteiger partial charge in [0.1, 0.15) is 5.75 Å². The maximum atomic E-state index is 12.9. The van der Waals surface area contributed by atoms with E-state index in [9.17, 15) is 9.59 Å². The fourth-order valence-electron chi connectivity index (χ4n) is 3.67. The summed E-state index contributed by atoms with van der Waals surface area (Å²) in [5, 5.41) is 0. The number of nitrogens with zero attached hydrogens (tertiary/aromatic N) is 2. The van der Waals surface area contributed by atoms with Crippen LogP contribution in [0.25, 0.3) is 0 Å². The minimum Gasteiger partial charge on any atom is -0.477 e. The number of hydrogen-bond donors (Lipinski definition) is 1. The number of likely N-dealkylation sites (tertiary alicyclic amines) is 1. The van der Waals surface area contributed by atoms with Crippen LogP contribution in [0.15, 0.2) is 42.6 Å². The zero-order chi connectivity index (χ0) is 17.9. The molecule has 0 spiro atoms. The molecule has 26 heavy (non-hydrogen) atoms. The van der Waals surface area contributed by atoms with E-state index < -0.39 is 6.10 Å². The van der Waals surface area contributed by atoms with Gasteiger partial charge in [0.05, 0.1) is 24.5 Å². The summed E-state index contributed by atoms with van der Waals surface area (Å²) in [6, 6.07) is 11.2. The maximum Gasteiger partial charge on any atom is 0.265 e. The second-order valence-corrected chi connectivity index (χ2v) is 6.85. The van der Waals surface area contributed by atoms with Crippen LogP contribution in [-0.4, -0.2) is 53.9 Å². The first-order valence-corrected chi connectivity index (χ1v) is 9.18. The highest BCUT2D eigenvalue weighted by Gasteiger charge is 2.34. The number of Topliss-reactive ketones (excluding diaryl/α,β-unsaturated/α-hetero) is 1. The lowest BCUT2D eigenvalue weighted by Crippen LogP contribution is -2.52. The summed E-state index contributed by atoms with van der Waals surface area (Å²) in [6.07, 6.45) is 4.44. The number of ketones is 1. The average Bonchev–Trinajstić information content (AvgIpc) is 3.23. The highest BCUT2D eigenvalue weighted by atomic mass is 16.5. The number of aromatic nitrogens is 1. The molecule has 1 atom stereocenters. The maximum absolute atomic E-state index is 12.9. The SMILES string of the molecule is O=C(CN1C[C@@H](C(=O)N2CCCCC2)Oc2ccccc21)c1ccc[nH]1. The van der Waals surface area contributed by atoms with E-state index in [2.05, 4.69) is 4.98 Å². The topological polar surface area (TPSA) is 65.6 Å². The Hall–Kier alpha value is -2.76. The normalized spacial score (nSPS) is 19.6. The van der Waals surface area contributed by atoms with Gasteiger partial charge in [-0.3, -0.25) is 9.59 Å². The minimum absolute atomic E-state index is 0.00382. The summed E-state index contributed by atoms with van der Waals surface area (Å²) in [5.74, 6) is 0.681. The van der Waals surface area contributed by atoms with Crippen molar-refractivity contribution in [2.24, 2.45) is 0 Å². The quantitative estimate of drug-likeness (QED) is 0.858. The molecule has 0 unspecified atom stereocenters. The second-order valence-electron chi connectivity index (χ2n) is 6.85. The molecule has 3 heterocycles. The van der Waals surface area contributed by atoms with Gasteiger partial charge in [-0.15, -0.1) is 0 Å². The summed E-state index contributed by atoms with van der Waals surface area (Å²) >= 11 is 0. The standard InChI is InChI=1S/C20H23N3O3/c24-17(15-7-6-10-21-15)13-23-14-19(20(25)22-11-4-1-5-12-22)26-18-9-3-2-8-16(18)23/h2-3,6-10,19,21H,1,4-5,11-14H2/t19-/m0/s1. The van der Waals surface area contributed by atoms with Gasteiger partial charge >= 0.3 is 0 Å². The Labute approximate surface area is 152 Å². The highest BCUT2D eigenvalue weighted by molar-refractivity contribution is 5.98. The smallest absolute Gasteiger partial charge is 0.265 e. The van der Waals surface area contributed by atoms with Gasteiger partial charge in [-0.2, -0.15) is 0 Å². The molecule has 1 aromatic carbocycles. The Balaban J connectivity index is 1.54. The molecule has 1 aromatic heterocycles. The van der Waals surface area contributed by atoms with E-state index in [0.29, 0.717) is 18.0 Å². The Morgan fingerprint density at radius 1 is 1.08 bits per heavy atom. The van der Waals surface area contributed by atoms with Crippen molar-refractivity contribution in [3.8, 4) is 5.75 Å². The van der Waals surface area contributed by atoms with Crippen molar-refractivity contribution in [1.29, 1.82) is 0 Å². The molecule has 6 heteroatoms. The fourth-order valence-corrected chi connectivity index (χ4v) is 3.67. The van der Waals surface area contributed by atoms with Crippen LogP contribution in [0.5, 0.6) is 5.75 Å². The van der Waals surface area contributed by atoms with Crippen molar-refractivity contribution in [1.82, 2.24) is 9.88 Å². The summed E-state index contributed by atoms with van der Waals surface area (Å²) in [6.45, 7) is 2.19. The third-order valence-electron chi connectivity index (χ3n) is 5.04. The predicted molar refractivity (Wildman–Crippen MR) is 98.6 cm³/mol. The molecular weight excluding hydrogens is 330 g/mol. The molecule has 1 fully saturated rings. The number of amides is 1. The largest absolute Gasteiger partial charge is 0.477 e. The van der Waals surface area contributed by atoms with Crippen molar-refractivity contribution >= 4 is 17.4 Å². The fraction of sp³-hybridized carbons (Fsp3) is 0.400. The molecule has 2 aliphatic heterocycles. The number of carbonyl (C=O) groups is 2. The highest BCUT2D eigenvalue weighted by Crippen LogP contribution is 2.33. The number of fused-ring (bicyclic) bond motifs is 1. The van der Waals surface area contributed by atoms with Crippen molar-refractivity contribution in [2.45, 2.75) is 25.4 Å². The molecular formula is C20H23N3O3. The van der Waals surface area contributed by atoms with Gasteiger partial charge in [-0.05, 0) is 43.5 Å². The number of anilines is 1. The van der Waals surface area contributed by atoms with Crippen LogP contribution < -0.4 is 9.64 Å². The van der Waals surface area contributed by atoms with Gasteiger partial charge in [0, 0.05) is 19.3 Å². The first kappa shape index (κ1) is 16.7. The Morgan fingerprint density at radius 3 is 2.65 bits per heavy atom. The molecule has 4 rings (SSSR count). The summed E-state index contributed by atoms with van der Waals surface area (Å²) in [5.41, 5.74) is 1.43. The number of para-hydroxylation sites is 2. The first-order chi connectivity index (χ1) is 12.7. The number of piperidine rings is 1. The van der Waals surface area contributed by atoms with Gasteiger partial charge in [-0.25, -0.2) is 0 Å². The van der Waals surface area contributed by atoms with Gasteiger partial charge in [-0.1, -0.05) is 12.1 Å². The van der Waals surface area contributed by atoms with Crippen LogP contribution >= 0.6 is 0 Å². The predicted octanol–water partition coefficient (Wildman–Crippen LogP) is 2.48. The minimum atomic E-state index is -0.570. The number of carbonyl (C=O) groups excluding carboxylic acids is 2. The third kappa shape index (κ3) is 3.31. The number of ether oxygens (including phenoxy) is 1. The molecule has 1 saturated heterocycles. The van der Waals surface area contributed by atoms with Crippen molar-refractivity contribution in [2.75, 3.05) is 31.1 Å². The number of H-pyrrole nitrogens is 1. The number of benzene rings is 1. The van der Waals surface area contributed by atoms with E-state index >= 15 is 0 Å². The second kappa shape index (κ2) is 7.23. The molecule has 1 amide bonds. The molecule has 0 aliphatic carbocycles. The average molecular weight is 353 g/mol. The van der Waals surface area contributed by atoms with E-state index in [0.717, 1.165) is 31.6 Å². The van der Waals surface area contributed by atoms with E-state index in [4.69, 9.17) is 4.74 Å². The van der Waals surface area contributed by atoms with Crippen LogP contribution in [0.2, 0.25) is 0 Å². The number of aromatic amines is 1. The molecule has 136 valence electrons. The van der Waals surface area contributed by atoms with Crippen LogP contribution in [0.3, 0.4) is 0 Å². The van der Waals surface area contributed by atoms with Crippen molar-refractivity contribution in [3.63, 3.8) is 0 Å². The lowest BCUT2D eigenvalue weighted by molar-refractivity contribution is -0.139. The molecule has 1 N–H and O–H groups in total. The molecule has 0 radical (unpaired) electrons. The van der Waals surface area contributed by atoms with Gasteiger partial charge in [0.15, 0.2) is 11.9 Å². The van der Waals surface area contributed by atoms with Gasteiger partial charge in [0.25, 0.3) is 5.91 Å². The first-order valence-electron chi connectivity index (χ1n) is 9.18. The number of rotatable bonds is 4. The Kier molecular flexibility index (Phi) is 4.65. The summed E-state index contributed by atoms with van der Waals surface area (Å²) < 4.78 is 6.00. The molecule has 0 bridgehead atoms. The lowest BCUT2D eigenvalue weighted by atomic mass is 10.1. The van der Waals surface area contributed by atoms with Crippen LogP contribution in [0.1, 0.15) is 29.8 Å². The summed E-state index contributed by atoms with van der Waals surface area (Å²) in [4.78, 5) is 32.3. The van der Waals surface area contributed by atoms with Gasteiger partial charge in [0.2, 0.25) is 0 Å². The van der Waals surface area contributed by atoms with E-state index in [1.54, 1.807) is 12.3 Å².